The molecule has 0 saturated carbocycles. The summed E-state index contributed by atoms with van der Waals surface area (Å²) in [7, 11) is 0. The highest BCUT2D eigenvalue weighted by atomic mass is 16.3. The summed E-state index contributed by atoms with van der Waals surface area (Å²) in [5.74, 6) is -0.529. The third-order valence-electron chi connectivity index (χ3n) is 3.06. The smallest absolute Gasteiger partial charge is 0.254 e. The van der Waals surface area contributed by atoms with Gasteiger partial charge >= 0.3 is 0 Å². The minimum atomic E-state index is -1.24. The number of nitrogens with one attached hydrogen (secondary N) is 1. The fourth-order valence-electron chi connectivity index (χ4n) is 1.96. The predicted molar refractivity (Wildman–Crippen MR) is 75.8 cm³/mol. The lowest BCUT2D eigenvalue weighted by molar-refractivity contribution is -0.130. The SMILES string of the molecule is O=C(N[C@@H](CO)c1ccccc1)[C@@H](O)c1ccccc1. The van der Waals surface area contributed by atoms with Crippen LogP contribution in [0.15, 0.2) is 60.7 Å². The third-order valence-corrected chi connectivity index (χ3v) is 3.06. The van der Waals surface area contributed by atoms with E-state index in [2.05, 4.69) is 5.32 Å². The van der Waals surface area contributed by atoms with Gasteiger partial charge in [0.05, 0.1) is 12.6 Å². The van der Waals surface area contributed by atoms with Gasteiger partial charge in [0.15, 0.2) is 6.10 Å². The Hall–Kier alpha value is -2.17. The van der Waals surface area contributed by atoms with Gasteiger partial charge in [-0.1, -0.05) is 60.7 Å². The van der Waals surface area contributed by atoms with Crippen LogP contribution in [0.5, 0.6) is 0 Å². The fraction of sp³-hybridized carbons (Fsp3) is 0.188. The number of hydrogen-bond donors (Lipinski definition) is 3. The lowest BCUT2D eigenvalue weighted by atomic mass is 10.1. The Morgan fingerprint density at radius 3 is 1.95 bits per heavy atom. The Labute approximate surface area is 117 Å². The molecule has 3 N–H and O–H groups in total. The Balaban J connectivity index is 2.06. The largest absolute Gasteiger partial charge is 0.394 e. The highest BCUT2D eigenvalue weighted by Gasteiger charge is 2.21. The number of aliphatic hydroxyl groups is 2. The molecule has 1 amide bonds. The van der Waals surface area contributed by atoms with E-state index in [0.29, 0.717) is 5.56 Å². The highest BCUT2D eigenvalue weighted by Crippen LogP contribution is 2.16. The Kier molecular flexibility index (Phi) is 4.87. The van der Waals surface area contributed by atoms with Crippen molar-refractivity contribution in [2.45, 2.75) is 12.1 Å². The average Bonchev–Trinajstić information content (AvgIpc) is 2.53. The highest BCUT2D eigenvalue weighted by molar-refractivity contribution is 5.82. The molecule has 0 fully saturated rings. The summed E-state index contributed by atoms with van der Waals surface area (Å²) in [6.07, 6.45) is -1.24. The molecule has 0 heterocycles. The van der Waals surface area contributed by atoms with Crippen molar-refractivity contribution in [1.29, 1.82) is 0 Å². The topological polar surface area (TPSA) is 69.6 Å². The second-order valence-electron chi connectivity index (χ2n) is 4.47. The summed E-state index contributed by atoms with van der Waals surface area (Å²) in [4.78, 5) is 12.0. The van der Waals surface area contributed by atoms with Crippen LogP contribution in [0.4, 0.5) is 0 Å². The fourth-order valence-corrected chi connectivity index (χ4v) is 1.96. The van der Waals surface area contributed by atoms with Gasteiger partial charge in [0, 0.05) is 0 Å². The molecular formula is C16H17NO3. The first-order chi connectivity index (χ1) is 9.72. The van der Waals surface area contributed by atoms with Gasteiger partial charge < -0.3 is 15.5 Å². The molecule has 0 aromatic heterocycles. The molecule has 4 nitrogen and oxygen atoms in total. The second-order valence-corrected chi connectivity index (χ2v) is 4.47. The minimum Gasteiger partial charge on any atom is -0.394 e. The Morgan fingerprint density at radius 1 is 0.950 bits per heavy atom. The number of amides is 1. The first-order valence-corrected chi connectivity index (χ1v) is 6.41. The number of carbonyl (C=O) groups is 1. The maximum Gasteiger partial charge on any atom is 0.254 e. The van der Waals surface area contributed by atoms with Crippen LogP contribution >= 0.6 is 0 Å². The molecule has 104 valence electrons. The third kappa shape index (κ3) is 3.44. The molecule has 0 bridgehead atoms. The van der Waals surface area contributed by atoms with E-state index in [-0.39, 0.29) is 6.61 Å². The van der Waals surface area contributed by atoms with E-state index in [9.17, 15) is 15.0 Å². The Morgan fingerprint density at radius 2 is 1.45 bits per heavy atom. The van der Waals surface area contributed by atoms with Gasteiger partial charge in [-0.05, 0) is 11.1 Å². The van der Waals surface area contributed by atoms with Crippen LogP contribution in [0.2, 0.25) is 0 Å². The van der Waals surface area contributed by atoms with Gasteiger partial charge in [0.25, 0.3) is 5.91 Å². The number of carbonyl (C=O) groups excluding carboxylic acids is 1. The molecule has 20 heavy (non-hydrogen) atoms. The van der Waals surface area contributed by atoms with Crippen molar-refractivity contribution < 1.29 is 15.0 Å². The van der Waals surface area contributed by atoms with E-state index in [0.717, 1.165) is 5.56 Å². The number of hydrogen-bond acceptors (Lipinski definition) is 3. The van der Waals surface area contributed by atoms with Gasteiger partial charge in [-0.25, -0.2) is 0 Å². The van der Waals surface area contributed by atoms with Crippen LogP contribution in [0, 0.1) is 0 Å². The quantitative estimate of drug-likeness (QED) is 0.773. The van der Waals surface area contributed by atoms with Gasteiger partial charge in [0.2, 0.25) is 0 Å². The number of rotatable bonds is 5. The molecule has 0 spiro atoms. The van der Waals surface area contributed by atoms with E-state index in [1.165, 1.54) is 0 Å². The molecular weight excluding hydrogens is 254 g/mol. The lowest BCUT2D eigenvalue weighted by Crippen LogP contribution is -2.34. The minimum absolute atomic E-state index is 0.225. The van der Waals surface area contributed by atoms with Crippen molar-refractivity contribution in [1.82, 2.24) is 5.32 Å². The first-order valence-electron chi connectivity index (χ1n) is 6.41. The van der Waals surface area contributed by atoms with Gasteiger partial charge in [-0.2, -0.15) is 0 Å². The molecule has 0 radical (unpaired) electrons. The predicted octanol–water partition coefficient (Wildman–Crippen LogP) is 1.57. The molecule has 2 aromatic carbocycles. The second kappa shape index (κ2) is 6.84. The van der Waals surface area contributed by atoms with Crippen LogP contribution in [0.3, 0.4) is 0 Å². The molecule has 2 rings (SSSR count). The van der Waals surface area contributed by atoms with Crippen LogP contribution in [0.1, 0.15) is 23.3 Å². The number of aliphatic hydroxyl groups excluding tert-OH is 2. The van der Waals surface area contributed by atoms with Gasteiger partial charge in [-0.15, -0.1) is 0 Å². The van der Waals surface area contributed by atoms with Crippen LogP contribution < -0.4 is 5.32 Å². The normalized spacial score (nSPS) is 13.5. The van der Waals surface area contributed by atoms with E-state index in [4.69, 9.17) is 0 Å². The molecule has 2 atom stereocenters. The molecule has 0 unspecified atom stereocenters. The summed E-state index contributed by atoms with van der Waals surface area (Å²) >= 11 is 0. The number of benzene rings is 2. The van der Waals surface area contributed by atoms with Crippen molar-refractivity contribution in [3.05, 3.63) is 71.8 Å². The van der Waals surface area contributed by atoms with Crippen molar-refractivity contribution >= 4 is 5.91 Å². The Bertz CT molecular complexity index is 542. The van der Waals surface area contributed by atoms with E-state index < -0.39 is 18.1 Å². The summed E-state index contributed by atoms with van der Waals surface area (Å²) in [6.45, 7) is -0.225. The monoisotopic (exact) mass is 271 g/mol. The van der Waals surface area contributed by atoms with Crippen LogP contribution in [-0.4, -0.2) is 22.7 Å². The summed E-state index contributed by atoms with van der Waals surface area (Å²) in [6, 6.07) is 17.3. The van der Waals surface area contributed by atoms with Crippen molar-refractivity contribution in [2.24, 2.45) is 0 Å². The van der Waals surface area contributed by atoms with Crippen molar-refractivity contribution in [3.63, 3.8) is 0 Å². The van der Waals surface area contributed by atoms with E-state index in [1.54, 1.807) is 24.3 Å². The molecule has 2 aromatic rings. The molecule has 0 aliphatic rings. The summed E-state index contributed by atoms with van der Waals surface area (Å²) in [5.41, 5.74) is 1.32. The average molecular weight is 271 g/mol. The lowest BCUT2D eigenvalue weighted by Gasteiger charge is -2.19. The molecule has 0 aliphatic heterocycles. The molecule has 0 aliphatic carbocycles. The van der Waals surface area contributed by atoms with Crippen molar-refractivity contribution in [2.75, 3.05) is 6.61 Å². The first kappa shape index (κ1) is 14.2. The zero-order valence-electron chi connectivity index (χ0n) is 10.9. The zero-order chi connectivity index (χ0) is 14.4. The van der Waals surface area contributed by atoms with Gasteiger partial charge in [-0.3, -0.25) is 4.79 Å². The van der Waals surface area contributed by atoms with Crippen LogP contribution in [-0.2, 0) is 4.79 Å². The van der Waals surface area contributed by atoms with Crippen LogP contribution in [0.25, 0.3) is 0 Å². The van der Waals surface area contributed by atoms with E-state index >= 15 is 0 Å². The maximum absolute atomic E-state index is 12.0. The summed E-state index contributed by atoms with van der Waals surface area (Å²) in [5, 5.41) is 22.0. The van der Waals surface area contributed by atoms with E-state index in [1.807, 2.05) is 36.4 Å². The van der Waals surface area contributed by atoms with Crippen molar-refractivity contribution in [3.8, 4) is 0 Å². The maximum atomic E-state index is 12.0. The van der Waals surface area contributed by atoms with Gasteiger partial charge in [0.1, 0.15) is 0 Å². The standard InChI is InChI=1S/C16H17NO3/c18-11-14(12-7-3-1-4-8-12)17-16(20)15(19)13-9-5-2-6-10-13/h1-10,14-15,18-19H,11H2,(H,17,20)/t14-,15-/m0/s1. The molecule has 0 saturated heterocycles. The zero-order valence-corrected chi connectivity index (χ0v) is 10.9. The molecule has 4 heteroatoms. The summed E-state index contributed by atoms with van der Waals surface area (Å²) < 4.78 is 0.